The molecule has 0 saturated heterocycles. The molecule has 94 valence electrons. The number of unbranched alkanes of at least 4 members (excludes halogenated alkanes) is 3. The smallest absolute Gasteiger partial charge is 0.186 e. The van der Waals surface area contributed by atoms with Gasteiger partial charge >= 0.3 is 0 Å². The largest absolute Gasteiger partial charge is 0.370 e. The molecule has 0 aliphatic heterocycles. The predicted molar refractivity (Wildman–Crippen MR) is 73.8 cm³/mol. The summed E-state index contributed by atoms with van der Waals surface area (Å²) in [5.74, 6) is 0.175. The lowest BCUT2D eigenvalue weighted by atomic mass is 10.0. The van der Waals surface area contributed by atoms with Crippen molar-refractivity contribution in [1.82, 2.24) is 0 Å². The summed E-state index contributed by atoms with van der Waals surface area (Å²) in [5.41, 5.74) is 12.2. The SMILES string of the molecule is CCCCCCC(N=C(N)N)c1ccccc1. The summed E-state index contributed by atoms with van der Waals surface area (Å²) in [5, 5.41) is 0. The number of benzene rings is 1. The fourth-order valence-corrected chi connectivity index (χ4v) is 1.93. The molecule has 3 heteroatoms. The Morgan fingerprint density at radius 3 is 2.41 bits per heavy atom. The number of hydrogen-bond acceptors (Lipinski definition) is 1. The van der Waals surface area contributed by atoms with Crippen molar-refractivity contribution >= 4 is 5.96 Å². The summed E-state index contributed by atoms with van der Waals surface area (Å²) in [6.07, 6.45) is 5.97. The van der Waals surface area contributed by atoms with Crippen LogP contribution >= 0.6 is 0 Å². The van der Waals surface area contributed by atoms with Gasteiger partial charge in [0.1, 0.15) is 0 Å². The zero-order valence-electron chi connectivity index (χ0n) is 10.6. The number of guanidine groups is 1. The summed E-state index contributed by atoms with van der Waals surface area (Å²) >= 11 is 0. The summed E-state index contributed by atoms with van der Waals surface area (Å²) in [6, 6.07) is 10.3. The van der Waals surface area contributed by atoms with E-state index in [1.54, 1.807) is 0 Å². The average molecular weight is 233 g/mol. The van der Waals surface area contributed by atoms with Gasteiger partial charge in [-0.05, 0) is 12.0 Å². The lowest BCUT2D eigenvalue weighted by Gasteiger charge is -2.13. The van der Waals surface area contributed by atoms with Gasteiger partial charge in [0.25, 0.3) is 0 Å². The van der Waals surface area contributed by atoms with Crippen LogP contribution in [0.25, 0.3) is 0 Å². The van der Waals surface area contributed by atoms with Gasteiger partial charge in [-0.1, -0.05) is 62.9 Å². The van der Waals surface area contributed by atoms with Gasteiger partial charge in [-0.15, -0.1) is 0 Å². The van der Waals surface area contributed by atoms with Crippen LogP contribution in [0.1, 0.15) is 50.6 Å². The van der Waals surface area contributed by atoms with Gasteiger partial charge in [0.2, 0.25) is 0 Å². The number of nitrogens with zero attached hydrogens (tertiary/aromatic N) is 1. The molecule has 1 aromatic carbocycles. The molecule has 17 heavy (non-hydrogen) atoms. The Morgan fingerprint density at radius 1 is 1.12 bits per heavy atom. The fraction of sp³-hybridized carbons (Fsp3) is 0.500. The lowest BCUT2D eigenvalue weighted by Crippen LogP contribution is -2.23. The summed E-state index contributed by atoms with van der Waals surface area (Å²) < 4.78 is 0. The Labute approximate surface area is 104 Å². The Hall–Kier alpha value is -1.51. The van der Waals surface area contributed by atoms with Gasteiger partial charge in [-0.25, -0.2) is 4.99 Å². The minimum absolute atomic E-state index is 0.109. The molecule has 0 heterocycles. The van der Waals surface area contributed by atoms with E-state index in [0.717, 1.165) is 6.42 Å². The summed E-state index contributed by atoms with van der Waals surface area (Å²) in [7, 11) is 0. The van der Waals surface area contributed by atoms with Crippen LogP contribution in [0, 0.1) is 0 Å². The molecular weight excluding hydrogens is 210 g/mol. The first-order chi connectivity index (χ1) is 8.24. The summed E-state index contributed by atoms with van der Waals surface area (Å²) in [6.45, 7) is 2.21. The summed E-state index contributed by atoms with van der Waals surface area (Å²) in [4.78, 5) is 4.32. The van der Waals surface area contributed by atoms with E-state index in [2.05, 4.69) is 24.0 Å². The molecule has 0 aliphatic rings. The number of nitrogens with two attached hydrogens (primary N) is 2. The molecule has 0 spiro atoms. The number of aliphatic imine (C=N–C) groups is 1. The van der Waals surface area contributed by atoms with Crippen LogP contribution in [0.4, 0.5) is 0 Å². The molecular formula is C14H23N3. The molecule has 4 N–H and O–H groups in total. The second kappa shape index (κ2) is 7.71. The maximum atomic E-state index is 5.49. The van der Waals surface area contributed by atoms with Gasteiger partial charge in [0.05, 0.1) is 6.04 Å². The third kappa shape index (κ3) is 5.38. The van der Waals surface area contributed by atoms with Crippen molar-refractivity contribution in [3.05, 3.63) is 35.9 Å². The molecule has 3 nitrogen and oxygen atoms in total. The van der Waals surface area contributed by atoms with Crippen molar-refractivity contribution in [2.45, 2.75) is 45.1 Å². The Balaban J connectivity index is 2.59. The van der Waals surface area contributed by atoms with Crippen LogP contribution in [0.15, 0.2) is 35.3 Å². The molecule has 1 unspecified atom stereocenters. The Kier molecular flexibility index (Phi) is 6.15. The van der Waals surface area contributed by atoms with Crippen LogP contribution in [0.2, 0.25) is 0 Å². The van der Waals surface area contributed by atoms with Gasteiger partial charge in [0.15, 0.2) is 5.96 Å². The van der Waals surface area contributed by atoms with E-state index in [1.807, 2.05) is 18.2 Å². The van der Waals surface area contributed by atoms with Crippen LogP contribution in [-0.4, -0.2) is 5.96 Å². The van der Waals surface area contributed by atoms with Crippen LogP contribution in [-0.2, 0) is 0 Å². The van der Waals surface area contributed by atoms with Crippen LogP contribution < -0.4 is 11.5 Å². The van der Waals surface area contributed by atoms with E-state index in [4.69, 9.17) is 11.5 Å². The zero-order valence-corrected chi connectivity index (χ0v) is 10.6. The first-order valence-electron chi connectivity index (χ1n) is 6.37. The molecule has 1 aromatic rings. The maximum Gasteiger partial charge on any atom is 0.186 e. The van der Waals surface area contributed by atoms with E-state index in [-0.39, 0.29) is 12.0 Å². The Bertz CT molecular complexity index is 329. The predicted octanol–water partition coefficient (Wildman–Crippen LogP) is 2.97. The molecule has 0 bridgehead atoms. The molecule has 0 radical (unpaired) electrons. The second-order valence-electron chi connectivity index (χ2n) is 4.33. The molecule has 0 aliphatic carbocycles. The topological polar surface area (TPSA) is 64.4 Å². The maximum absolute atomic E-state index is 5.49. The van der Waals surface area contributed by atoms with E-state index < -0.39 is 0 Å². The van der Waals surface area contributed by atoms with Gasteiger partial charge < -0.3 is 11.5 Å². The normalized spacial score (nSPS) is 12.1. The zero-order chi connectivity index (χ0) is 12.5. The number of rotatable bonds is 7. The third-order valence-electron chi connectivity index (χ3n) is 2.82. The van der Waals surface area contributed by atoms with Crippen LogP contribution in [0.3, 0.4) is 0 Å². The van der Waals surface area contributed by atoms with Crippen molar-refractivity contribution in [1.29, 1.82) is 0 Å². The third-order valence-corrected chi connectivity index (χ3v) is 2.82. The highest BCUT2D eigenvalue weighted by molar-refractivity contribution is 5.76. The first kappa shape index (κ1) is 13.6. The minimum Gasteiger partial charge on any atom is -0.370 e. The highest BCUT2D eigenvalue weighted by Gasteiger charge is 2.09. The van der Waals surface area contributed by atoms with E-state index in [1.165, 1.54) is 31.2 Å². The molecule has 0 aromatic heterocycles. The van der Waals surface area contributed by atoms with E-state index in [9.17, 15) is 0 Å². The van der Waals surface area contributed by atoms with Crippen molar-refractivity contribution in [2.75, 3.05) is 0 Å². The fourth-order valence-electron chi connectivity index (χ4n) is 1.93. The van der Waals surface area contributed by atoms with Crippen molar-refractivity contribution in [2.24, 2.45) is 16.5 Å². The van der Waals surface area contributed by atoms with E-state index in [0.29, 0.717) is 0 Å². The van der Waals surface area contributed by atoms with Crippen molar-refractivity contribution < 1.29 is 0 Å². The van der Waals surface area contributed by atoms with Crippen molar-refractivity contribution in [3.63, 3.8) is 0 Å². The monoisotopic (exact) mass is 233 g/mol. The first-order valence-corrected chi connectivity index (χ1v) is 6.37. The quantitative estimate of drug-likeness (QED) is 0.432. The van der Waals surface area contributed by atoms with Gasteiger partial charge in [-0.3, -0.25) is 0 Å². The average Bonchev–Trinajstić information content (AvgIpc) is 2.34. The highest BCUT2D eigenvalue weighted by atomic mass is 15.0. The highest BCUT2D eigenvalue weighted by Crippen LogP contribution is 2.23. The Morgan fingerprint density at radius 2 is 1.82 bits per heavy atom. The second-order valence-corrected chi connectivity index (χ2v) is 4.33. The minimum atomic E-state index is 0.109. The molecule has 0 fully saturated rings. The lowest BCUT2D eigenvalue weighted by molar-refractivity contribution is 0.567. The molecule has 0 amide bonds. The van der Waals surface area contributed by atoms with Crippen LogP contribution in [0.5, 0.6) is 0 Å². The van der Waals surface area contributed by atoms with Crippen molar-refractivity contribution in [3.8, 4) is 0 Å². The van der Waals surface area contributed by atoms with Gasteiger partial charge in [-0.2, -0.15) is 0 Å². The standard InChI is InChI=1S/C14H23N3/c1-2-3-4-8-11-13(17-14(15)16)12-9-6-5-7-10-12/h5-7,9-10,13H,2-4,8,11H2,1H3,(H4,15,16,17). The molecule has 1 atom stereocenters. The molecule has 1 rings (SSSR count). The van der Waals surface area contributed by atoms with E-state index >= 15 is 0 Å². The number of hydrogen-bond donors (Lipinski definition) is 2. The van der Waals surface area contributed by atoms with Gasteiger partial charge in [0, 0.05) is 0 Å². The molecule has 0 saturated carbocycles.